The van der Waals surface area contributed by atoms with Gasteiger partial charge < -0.3 is 25.3 Å². The molecule has 166 valence electrons. The number of carbonyl (C=O) groups is 2. The number of nitrogens with two attached hydrogens (primary N) is 1. The van der Waals surface area contributed by atoms with Gasteiger partial charge in [-0.15, -0.1) is 23.1 Å². The number of amides is 1. The summed E-state index contributed by atoms with van der Waals surface area (Å²) in [5.41, 5.74) is 5.84. The van der Waals surface area contributed by atoms with E-state index >= 15 is 0 Å². The first-order chi connectivity index (χ1) is 15.4. The molecule has 33 heavy (non-hydrogen) atoms. The molecule has 2 aromatic rings. The fraction of sp³-hybridized carbons (Fsp3) is 0.222. The van der Waals surface area contributed by atoms with Crippen LogP contribution < -0.4 is 40.4 Å². The minimum Gasteiger partial charge on any atom is -0.857 e. The third-order valence-electron chi connectivity index (χ3n) is 4.48. The molecule has 2 aliphatic heterocycles. The summed E-state index contributed by atoms with van der Waals surface area (Å²) in [6.07, 6.45) is 4.59. The normalized spacial score (nSPS) is 21.0. The second-order valence-corrected chi connectivity index (χ2v) is 8.40. The standard InChI is InChI=1S/C18H16N6O6S2.Na/c1-29-23-11(10-7-32-18(19)21-10)14(25)22-12-15(26)24-13(17(27)28)8(6-31-16(12)24)2-3-9-4-5-20-30-9;/h2-5,7,12,16H,6H2,1H3,(H2,19,21)(H,22,25)(H,27,28);/q;+1/p-1/b3-2+,23-11-;. The number of carboxylic acid groups (broad SMARTS) is 1. The van der Waals surface area contributed by atoms with Crippen LogP contribution in [0, 0.1) is 0 Å². The summed E-state index contributed by atoms with van der Waals surface area (Å²) in [6.45, 7) is 0. The molecule has 2 aliphatic rings. The molecular formula is C18H15N6NaO6S2. The molecule has 1 saturated heterocycles. The van der Waals surface area contributed by atoms with Crippen LogP contribution in [0.15, 0.2) is 49.7 Å². The molecule has 0 bridgehead atoms. The minimum atomic E-state index is -1.26. The van der Waals surface area contributed by atoms with Crippen molar-refractivity contribution in [1.29, 1.82) is 0 Å². The number of hydrogen-bond donors (Lipinski definition) is 2. The van der Waals surface area contributed by atoms with Crippen LogP contribution in [0.5, 0.6) is 0 Å². The van der Waals surface area contributed by atoms with Crippen LogP contribution in [0.25, 0.3) is 6.08 Å². The Morgan fingerprint density at radius 2 is 2.27 bits per heavy atom. The van der Waals surface area contributed by atoms with Crippen LogP contribution >= 0.6 is 23.1 Å². The number of nitrogen functional groups attached to an aromatic ring is 1. The zero-order chi connectivity index (χ0) is 22.8. The van der Waals surface area contributed by atoms with Crippen molar-refractivity contribution in [3.8, 4) is 0 Å². The van der Waals surface area contributed by atoms with Crippen molar-refractivity contribution in [3.63, 3.8) is 0 Å². The first kappa shape index (κ1) is 25.0. The number of nitrogens with zero attached hydrogens (tertiary/aromatic N) is 5. The van der Waals surface area contributed by atoms with Crippen molar-refractivity contribution in [2.75, 3.05) is 18.6 Å². The molecule has 2 aromatic heterocycles. The number of thioether (sulfide) groups is 1. The van der Waals surface area contributed by atoms with Gasteiger partial charge in [0.2, 0.25) is 0 Å². The van der Waals surface area contributed by atoms with Gasteiger partial charge >= 0.3 is 35.5 Å². The van der Waals surface area contributed by atoms with Crippen molar-refractivity contribution >= 4 is 57.8 Å². The number of oxime groups is 1. The number of aromatic nitrogens is 2. The van der Waals surface area contributed by atoms with Gasteiger partial charge in [0.05, 0.1) is 6.20 Å². The van der Waals surface area contributed by atoms with Gasteiger partial charge in [-0.1, -0.05) is 16.4 Å². The molecular weight excluding hydrogens is 483 g/mol. The van der Waals surface area contributed by atoms with Crippen LogP contribution in [-0.2, 0) is 14.4 Å². The maximum absolute atomic E-state index is 12.8. The molecule has 1 amide bonds. The molecule has 0 spiro atoms. The van der Waals surface area contributed by atoms with Gasteiger partial charge in [-0.2, -0.15) is 0 Å². The maximum Gasteiger partial charge on any atom is 1.00 e. The van der Waals surface area contributed by atoms with Gasteiger partial charge in [0, 0.05) is 23.1 Å². The Hall–Kier alpha value is -2.65. The summed E-state index contributed by atoms with van der Waals surface area (Å²) < 4.78 is 4.96. The molecule has 2 unspecified atom stereocenters. The van der Waals surface area contributed by atoms with Gasteiger partial charge in [-0.3, -0.25) is 14.7 Å². The molecule has 1 fully saturated rings. The number of anilines is 1. The average Bonchev–Trinajstić information content (AvgIpc) is 3.45. The Morgan fingerprint density at radius 3 is 2.88 bits per heavy atom. The van der Waals surface area contributed by atoms with E-state index in [-0.39, 0.29) is 51.8 Å². The van der Waals surface area contributed by atoms with Crippen LogP contribution in [0.3, 0.4) is 0 Å². The fourth-order valence-corrected chi connectivity index (χ4v) is 4.95. The van der Waals surface area contributed by atoms with Crippen LogP contribution in [0.4, 0.5) is 5.13 Å². The number of hydrogen-bond acceptors (Lipinski definition) is 12. The minimum absolute atomic E-state index is 0. The third kappa shape index (κ3) is 4.99. The summed E-state index contributed by atoms with van der Waals surface area (Å²) in [5.74, 6) is -1.94. The van der Waals surface area contributed by atoms with E-state index in [2.05, 4.69) is 20.3 Å². The Bertz CT molecular complexity index is 1180. The van der Waals surface area contributed by atoms with Gasteiger partial charge in [-0.25, -0.2) is 9.78 Å². The molecule has 4 rings (SSSR count). The Labute approximate surface area is 217 Å². The van der Waals surface area contributed by atoms with E-state index in [4.69, 9.17) is 15.1 Å². The number of β-lactam (4-membered cyclic amide) rings is 1. The van der Waals surface area contributed by atoms with Gasteiger partial charge in [0.1, 0.15) is 29.6 Å². The number of carbonyl (C=O) groups excluding carboxylic acids is 1. The van der Waals surface area contributed by atoms with Crippen molar-refractivity contribution in [2.24, 2.45) is 10.1 Å². The number of aliphatic imine (C=N–C) groups is 1. The predicted octanol–water partition coefficient (Wildman–Crippen LogP) is -2.84. The summed E-state index contributed by atoms with van der Waals surface area (Å²) >= 11 is 2.40. The predicted molar refractivity (Wildman–Crippen MR) is 115 cm³/mol. The topological polar surface area (TPSA) is 180 Å². The van der Waals surface area contributed by atoms with Crippen molar-refractivity contribution < 1.29 is 58.7 Å². The first-order valence-corrected chi connectivity index (χ1v) is 10.9. The summed E-state index contributed by atoms with van der Waals surface area (Å²) in [6, 6.07) is 0.556. The van der Waals surface area contributed by atoms with E-state index in [0.29, 0.717) is 17.1 Å². The van der Waals surface area contributed by atoms with Crippen LogP contribution in [0.1, 0.15) is 11.5 Å². The zero-order valence-electron chi connectivity index (χ0n) is 17.4. The van der Waals surface area contributed by atoms with E-state index in [0.717, 1.165) is 16.2 Å². The van der Waals surface area contributed by atoms with Crippen molar-refractivity contribution in [3.05, 3.63) is 46.4 Å². The third-order valence-corrected chi connectivity index (χ3v) is 6.45. The maximum atomic E-state index is 12.8. The molecule has 3 N–H and O–H groups in total. The van der Waals surface area contributed by atoms with E-state index in [9.17, 15) is 19.8 Å². The monoisotopic (exact) mass is 498 g/mol. The van der Waals surface area contributed by atoms with E-state index in [1.165, 1.54) is 30.4 Å². The second-order valence-electron chi connectivity index (χ2n) is 6.41. The van der Waals surface area contributed by atoms with Crippen molar-refractivity contribution in [2.45, 2.75) is 11.4 Å². The second kappa shape index (κ2) is 10.5. The SMILES string of the molecule is CO/N=C(\C([O-])=NC1C(=O)N2C(C(=O)O)=C(/C=C/c3ccno3)CSC12)c1csc(N)n1.[Na+]. The quantitative estimate of drug-likeness (QED) is 0.133. The molecule has 0 saturated carbocycles. The molecule has 15 heteroatoms. The van der Waals surface area contributed by atoms with Gasteiger partial charge in [0.25, 0.3) is 5.91 Å². The summed E-state index contributed by atoms with van der Waals surface area (Å²) in [7, 11) is 1.26. The molecule has 4 heterocycles. The first-order valence-electron chi connectivity index (χ1n) is 8.98. The molecule has 12 nitrogen and oxygen atoms in total. The Balaban J connectivity index is 0.00000306. The number of thiazole rings is 1. The summed E-state index contributed by atoms with van der Waals surface area (Å²) in [5, 5.41) is 30.7. The molecule has 0 aliphatic carbocycles. The number of fused-ring (bicyclic) bond motifs is 1. The van der Waals surface area contributed by atoms with E-state index < -0.39 is 29.2 Å². The molecule has 0 radical (unpaired) electrons. The van der Waals surface area contributed by atoms with Gasteiger partial charge in [-0.05, 0) is 11.6 Å². The van der Waals surface area contributed by atoms with Crippen LogP contribution in [0.2, 0.25) is 0 Å². The number of rotatable bonds is 7. The van der Waals surface area contributed by atoms with Crippen molar-refractivity contribution in [1.82, 2.24) is 15.0 Å². The Morgan fingerprint density at radius 1 is 1.48 bits per heavy atom. The Kier molecular flexibility index (Phi) is 7.97. The number of allylic oxidation sites excluding steroid dienone is 1. The largest absolute Gasteiger partial charge is 1.00 e. The number of aliphatic carboxylic acids is 1. The van der Waals surface area contributed by atoms with Gasteiger partial charge in [0.15, 0.2) is 16.9 Å². The summed E-state index contributed by atoms with van der Waals surface area (Å²) in [4.78, 5) is 38.4. The van der Waals surface area contributed by atoms with E-state index in [1.54, 1.807) is 18.2 Å². The number of carboxylic acids is 1. The zero-order valence-corrected chi connectivity index (χ0v) is 21.0. The smallest absolute Gasteiger partial charge is 0.857 e. The fourth-order valence-electron chi connectivity index (χ4n) is 3.10. The van der Waals surface area contributed by atoms with E-state index in [1.807, 2.05) is 0 Å². The average molecular weight is 498 g/mol. The molecule has 2 atom stereocenters. The van der Waals surface area contributed by atoms with Crippen LogP contribution in [-0.4, -0.2) is 67.9 Å². The molecule has 0 aromatic carbocycles.